The van der Waals surface area contributed by atoms with E-state index < -0.39 is 11.8 Å². The zero-order valence-electron chi connectivity index (χ0n) is 19.6. The fourth-order valence-electron chi connectivity index (χ4n) is 3.60. The first-order valence-electron chi connectivity index (χ1n) is 11.9. The summed E-state index contributed by atoms with van der Waals surface area (Å²) in [6.45, 7) is 4.77. The van der Waals surface area contributed by atoms with Gasteiger partial charge in [-0.05, 0) is 66.3 Å². The Morgan fingerprint density at radius 1 is 0.788 bits per heavy atom. The lowest BCUT2D eigenvalue weighted by atomic mass is 10.0. The molecular weight excluding hydrogens is 415 g/mol. The minimum absolute atomic E-state index is 0.149. The summed E-state index contributed by atoms with van der Waals surface area (Å²) in [5, 5.41) is 0. The van der Waals surface area contributed by atoms with E-state index in [9.17, 15) is 9.18 Å². The summed E-state index contributed by atoms with van der Waals surface area (Å²) in [7, 11) is 0. The molecule has 0 aliphatic heterocycles. The molecular formula is C29H33FO3. The van der Waals surface area contributed by atoms with E-state index >= 15 is 0 Å². The number of carbonyl (C=O) groups excluding carboxylic acids is 1. The lowest BCUT2D eigenvalue weighted by Gasteiger charge is -2.09. The van der Waals surface area contributed by atoms with Crippen molar-refractivity contribution in [1.82, 2.24) is 0 Å². The van der Waals surface area contributed by atoms with Crippen molar-refractivity contribution in [2.24, 2.45) is 0 Å². The lowest BCUT2D eigenvalue weighted by molar-refractivity contribution is 0.0734. The molecule has 3 rings (SSSR count). The first-order valence-corrected chi connectivity index (χ1v) is 11.9. The zero-order chi connectivity index (χ0) is 23.5. The molecule has 0 aromatic heterocycles. The van der Waals surface area contributed by atoms with Crippen LogP contribution < -0.4 is 9.47 Å². The van der Waals surface area contributed by atoms with Gasteiger partial charge in [0.05, 0.1) is 12.2 Å². The molecule has 0 saturated heterocycles. The van der Waals surface area contributed by atoms with Gasteiger partial charge in [-0.25, -0.2) is 9.18 Å². The van der Waals surface area contributed by atoms with Gasteiger partial charge in [-0.15, -0.1) is 0 Å². The van der Waals surface area contributed by atoms with Crippen LogP contribution in [0.1, 0.15) is 68.3 Å². The molecule has 0 heterocycles. The maximum Gasteiger partial charge on any atom is 0.343 e. The molecule has 0 spiro atoms. The fraction of sp³-hybridized carbons (Fsp3) is 0.345. The second-order valence-corrected chi connectivity index (χ2v) is 8.27. The Bertz CT molecular complexity index is 1010. The Morgan fingerprint density at radius 2 is 1.42 bits per heavy atom. The Hall–Kier alpha value is -3.14. The van der Waals surface area contributed by atoms with Crippen LogP contribution in [-0.2, 0) is 6.42 Å². The highest BCUT2D eigenvalue weighted by Gasteiger charge is 2.13. The summed E-state index contributed by atoms with van der Waals surface area (Å²) >= 11 is 0. The van der Waals surface area contributed by atoms with Crippen molar-refractivity contribution in [3.63, 3.8) is 0 Å². The molecule has 0 aliphatic carbocycles. The van der Waals surface area contributed by atoms with E-state index in [2.05, 4.69) is 38.1 Å². The molecule has 4 heteroatoms. The van der Waals surface area contributed by atoms with Gasteiger partial charge in [0.25, 0.3) is 0 Å². The predicted octanol–water partition coefficient (Wildman–Crippen LogP) is 8.01. The van der Waals surface area contributed by atoms with E-state index in [1.165, 1.54) is 37.0 Å². The first-order chi connectivity index (χ1) is 16.1. The van der Waals surface area contributed by atoms with Gasteiger partial charge < -0.3 is 9.47 Å². The molecule has 0 unspecified atom stereocenters. The smallest absolute Gasteiger partial charge is 0.343 e. The molecule has 3 nitrogen and oxygen atoms in total. The highest BCUT2D eigenvalue weighted by atomic mass is 19.1. The van der Waals surface area contributed by atoms with Crippen LogP contribution in [-0.4, -0.2) is 12.6 Å². The highest BCUT2D eigenvalue weighted by molar-refractivity contribution is 5.91. The van der Waals surface area contributed by atoms with Gasteiger partial charge in [-0.2, -0.15) is 0 Å². The lowest BCUT2D eigenvalue weighted by Crippen LogP contribution is -2.09. The molecule has 0 radical (unpaired) electrons. The quantitative estimate of drug-likeness (QED) is 0.160. The zero-order valence-corrected chi connectivity index (χ0v) is 19.6. The Morgan fingerprint density at radius 3 is 2.06 bits per heavy atom. The monoisotopic (exact) mass is 448 g/mol. The van der Waals surface area contributed by atoms with E-state index in [-0.39, 0.29) is 11.3 Å². The van der Waals surface area contributed by atoms with Crippen molar-refractivity contribution in [3.8, 4) is 22.6 Å². The molecule has 0 bridgehead atoms. The summed E-state index contributed by atoms with van der Waals surface area (Å²) in [5.41, 5.74) is 3.66. The van der Waals surface area contributed by atoms with Crippen LogP contribution >= 0.6 is 0 Å². The maximum absolute atomic E-state index is 14.3. The van der Waals surface area contributed by atoms with Crippen LogP contribution in [0.4, 0.5) is 4.39 Å². The molecule has 3 aromatic carbocycles. The van der Waals surface area contributed by atoms with Crippen molar-refractivity contribution in [2.45, 2.75) is 58.8 Å². The van der Waals surface area contributed by atoms with Crippen LogP contribution in [0.25, 0.3) is 11.1 Å². The number of hydrogen-bond acceptors (Lipinski definition) is 3. The summed E-state index contributed by atoms with van der Waals surface area (Å²) in [6.07, 6.45) is 7.79. The van der Waals surface area contributed by atoms with Gasteiger partial charge in [0.1, 0.15) is 5.75 Å². The number of rotatable bonds is 12. The molecule has 0 amide bonds. The van der Waals surface area contributed by atoms with Gasteiger partial charge in [-0.1, -0.05) is 75.9 Å². The summed E-state index contributed by atoms with van der Waals surface area (Å²) in [4.78, 5) is 12.4. The van der Waals surface area contributed by atoms with E-state index in [0.29, 0.717) is 12.4 Å². The van der Waals surface area contributed by atoms with Gasteiger partial charge in [0.15, 0.2) is 11.6 Å². The number of halogens is 1. The van der Waals surface area contributed by atoms with Crippen molar-refractivity contribution in [1.29, 1.82) is 0 Å². The average Bonchev–Trinajstić information content (AvgIpc) is 2.84. The van der Waals surface area contributed by atoms with Crippen LogP contribution in [0.15, 0.2) is 66.7 Å². The van der Waals surface area contributed by atoms with Gasteiger partial charge in [-0.3, -0.25) is 0 Å². The number of aryl methyl sites for hydroxylation is 1. The van der Waals surface area contributed by atoms with Crippen LogP contribution in [0, 0.1) is 5.82 Å². The van der Waals surface area contributed by atoms with Crippen molar-refractivity contribution in [2.75, 3.05) is 6.61 Å². The number of carbonyl (C=O) groups is 1. The number of ether oxygens (including phenoxy) is 2. The molecule has 0 atom stereocenters. The summed E-state index contributed by atoms with van der Waals surface area (Å²) in [5.74, 6) is -0.589. The predicted molar refractivity (Wildman–Crippen MR) is 131 cm³/mol. The minimum atomic E-state index is -0.601. The SMILES string of the molecule is CCCCCOc1ccc(C(=O)Oc2ccc(-c3ccc(CCCCC)cc3)cc2)cc1F. The second kappa shape index (κ2) is 12.8. The van der Waals surface area contributed by atoms with E-state index in [1.807, 2.05) is 12.1 Å². The highest BCUT2D eigenvalue weighted by Crippen LogP contribution is 2.25. The maximum atomic E-state index is 14.3. The topological polar surface area (TPSA) is 35.5 Å². The first kappa shape index (κ1) is 24.5. The minimum Gasteiger partial charge on any atom is -0.491 e. The third-order valence-corrected chi connectivity index (χ3v) is 5.59. The second-order valence-electron chi connectivity index (χ2n) is 8.27. The van der Waals surface area contributed by atoms with Crippen LogP contribution in [0.5, 0.6) is 11.5 Å². The number of hydrogen-bond donors (Lipinski definition) is 0. The Balaban J connectivity index is 1.57. The molecule has 174 valence electrons. The average molecular weight is 449 g/mol. The Labute approximate surface area is 196 Å². The van der Waals surface area contributed by atoms with E-state index in [1.54, 1.807) is 12.1 Å². The third kappa shape index (κ3) is 7.45. The van der Waals surface area contributed by atoms with Gasteiger partial charge in [0, 0.05) is 0 Å². The number of esters is 1. The molecule has 0 aliphatic rings. The molecule has 3 aromatic rings. The summed E-state index contributed by atoms with van der Waals surface area (Å²) in [6, 6.07) is 20.1. The fourth-order valence-corrected chi connectivity index (χ4v) is 3.60. The van der Waals surface area contributed by atoms with Crippen molar-refractivity contribution >= 4 is 5.97 Å². The van der Waals surface area contributed by atoms with Crippen LogP contribution in [0.2, 0.25) is 0 Å². The van der Waals surface area contributed by atoms with E-state index in [4.69, 9.17) is 9.47 Å². The number of unbranched alkanes of at least 4 members (excludes halogenated alkanes) is 4. The molecule has 0 N–H and O–H groups in total. The largest absolute Gasteiger partial charge is 0.491 e. The standard InChI is InChI=1S/C29H33FO3/c1-3-5-7-9-22-10-12-23(13-11-22)24-14-17-26(18-15-24)33-29(31)25-16-19-28(27(30)21-25)32-20-8-6-4-2/h10-19,21H,3-9,20H2,1-2H3. The van der Waals surface area contributed by atoms with Gasteiger partial charge >= 0.3 is 5.97 Å². The van der Waals surface area contributed by atoms with E-state index in [0.717, 1.165) is 42.9 Å². The van der Waals surface area contributed by atoms with Crippen molar-refractivity contribution in [3.05, 3.63) is 83.7 Å². The normalized spacial score (nSPS) is 10.8. The molecule has 0 fully saturated rings. The van der Waals surface area contributed by atoms with Gasteiger partial charge in [0.2, 0.25) is 0 Å². The Kier molecular flexibility index (Phi) is 9.49. The molecule has 33 heavy (non-hydrogen) atoms. The molecule has 0 saturated carbocycles. The van der Waals surface area contributed by atoms with Crippen LogP contribution in [0.3, 0.4) is 0 Å². The number of benzene rings is 3. The van der Waals surface area contributed by atoms with Crippen molar-refractivity contribution < 1.29 is 18.7 Å². The third-order valence-electron chi connectivity index (χ3n) is 5.59. The summed E-state index contributed by atoms with van der Waals surface area (Å²) < 4.78 is 25.2.